The van der Waals surface area contributed by atoms with Gasteiger partial charge >= 0.3 is 12.1 Å². The van der Waals surface area contributed by atoms with E-state index in [0.717, 1.165) is 12.1 Å². The number of fused-ring (bicyclic) bond motifs is 1. The molecule has 0 saturated carbocycles. The molecule has 34 heavy (non-hydrogen) atoms. The van der Waals surface area contributed by atoms with Gasteiger partial charge in [0.05, 0.1) is 37.1 Å². The van der Waals surface area contributed by atoms with E-state index in [2.05, 4.69) is 36.1 Å². The third-order valence-corrected chi connectivity index (χ3v) is 5.57. The van der Waals surface area contributed by atoms with E-state index < -0.39 is 23.8 Å². The number of hydrogen-bond donors (Lipinski definition) is 0. The third kappa shape index (κ3) is 4.34. The number of esters is 1. The topological polar surface area (TPSA) is 96.9 Å². The molecule has 178 valence electrons. The van der Waals surface area contributed by atoms with Gasteiger partial charge in [-0.2, -0.15) is 28.4 Å². The van der Waals surface area contributed by atoms with Crippen molar-refractivity contribution in [2.45, 2.75) is 26.1 Å². The summed E-state index contributed by atoms with van der Waals surface area (Å²) in [6, 6.07) is 4.39. The van der Waals surface area contributed by atoms with E-state index in [1.807, 2.05) is 0 Å². The summed E-state index contributed by atoms with van der Waals surface area (Å²) in [6.07, 6.45) is -1.65. The van der Waals surface area contributed by atoms with Gasteiger partial charge in [0.25, 0.3) is 5.95 Å². The van der Waals surface area contributed by atoms with Crippen LogP contribution in [0.3, 0.4) is 0 Å². The second-order valence-electron chi connectivity index (χ2n) is 7.16. The zero-order valence-corrected chi connectivity index (χ0v) is 19.8. The lowest BCUT2D eigenvalue weighted by Crippen LogP contribution is -2.11. The zero-order chi connectivity index (χ0) is 24.6. The molecule has 0 aliphatic rings. The van der Waals surface area contributed by atoms with Gasteiger partial charge in [-0.05, 0) is 47.5 Å². The molecule has 1 atom stereocenters. The maximum absolute atomic E-state index is 12.9. The van der Waals surface area contributed by atoms with Crippen molar-refractivity contribution in [1.29, 1.82) is 0 Å². The van der Waals surface area contributed by atoms with Crippen LogP contribution in [0.25, 0.3) is 17.0 Å². The molecule has 1 aromatic carbocycles. The SMILES string of the molecule is CCOC(=O)c1cnn(-c2nc(OC)c3c(n2)c(Br)nn3[C@@H](C)c2ccc(C(F)(F)F)cc2)c1. The number of methoxy groups -OCH3 is 1. The van der Waals surface area contributed by atoms with Crippen LogP contribution in [0.1, 0.15) is 41.4 Å². The van der Waals surface area contributed by atoms with E-state index in [1.54, 1.807) is 18.5 Å². The quantitative estimate of drug-likeness (QED) is 0.331. The van der Waals surface area contributed by atoms with Crippen molar-refractivity contribution in [3.63, 3.8) is 0 Å². The van der Waals surface area contributed by atoms with E-state index in [-0.39, 0.29) is 24.0 Å². The molecule has 0 unspecified atom stereocenters. The number of nitrogens with zero attached hydrogens (tertiary/aromatic N) is 6. The molecule has 0 N–H and O–H groups in total. The highest BCUT2D eigenvalue weighted by atomic mass is 79.9. The maximum Gasteiger partial charge on any atom is 0.416 e. The molecule has 0 radical (unpaired) electrons. The van der Waals surface area contributed by atoms with E-state index in [1.165, 1.54) is 36.3 Å². The molecule has 0 amide bonds. The van der Waals surface area contributed by atoms with E-state index >= 15 is 0 Å². The molecular weight excluding hydrogens is 521 g/mol. The average Bonchev–Trinajstić information content (AvgIpc) is 3.43. The van der Waals surface area contributed by atoms with Crippen LogP contribution in [-0.4, -0.2) is 49.2 Å². The van der Waals surface area contributed by atoms with Crippen LogP contribution in [0, 0.1) is 0 Å². The molecule has 4 rings (SSSR count). The minimum atomic E-state index is -4.42. The van der Waals surface area contributed by atoms with E-state index in [9.17, 15) is 18.0 Å². The van der Waals surface area contributed by atoms with Gasteiger partial charge in [-0.1, -0.05) is 12.1 Å². The average molecular weight is 539 g/mol. The summed E-state index contributed by atoms with van der Waals surface area (Å²) in [5, 5.41) is 8.58. The molecule has 4 aromatic rings. The Morgan fingerprint density at radius 2 is 1.91 bits per heavy atom. The first kappa shape index (κ1) is 23.7. The Bertz CT molecular complexity index is 1350. The molecule has 0 aliphatic carbocycles. The van der Waals surface area contributed by atoms with Gasteiger partial charge in [0.2, 0.25) is 5.88 Å². The standard InChI is InChI=1S/C21H18BrF3N6O3/c1-4-34-19(32)13-9-26-30(10-13)20-27-15-16(18(28-20)33-3)31(29-17(15)22)11(2)12-5-7-14(8-6-12)21(23,24)25/h5-11H,4H2,1-3H3/t11-/m0/s1. The Balaban J connectivity index is 1.76. The van der Waals surface area contributed by atoms with E-state index in [4.69, 9.17) is 9.47 Å². The zero-order valence-electron chi connectivity index (χ0n) is 18.2. The van der Waals surface area contributed by atoms with Crippen molar-refractivity contribution in [3.05, 3.63) is 58.0 Å². The summed E-state index contributed by atoms with van der Waals surface area (Å²) in [5.74, 6) is -0.228. The third-order valence-electron chi connectivity index (χ3n) is 5.04. The fraction of sp³-hybridized carbons (Fsp3) is 0.286. The molecule has 13 heteroatoms. The van der Waals surface area contributed by atoms with Crippen LogP contribution in [0.2, 0.25) is 0 Å². The molecule has 0 fully saturated rings. The summed E-state index contributed by atoms with van der Waals surface area (Å²) in [4.78, 5) is 20.8. The summed E-state index contributed by atoms with van der Waals surface area (Å²) in [6.45, 7) is 3.71. The van der Waals surface area contributed by atoms with Crippen molar-refractivity contribution < 1.29 is 27.4 Å². The van der Waals surface area contributed by atoms with Crippen LogP contribution in [0.5, 0.6) is 5.88 Å². The fourth-order valence-electron chi connectivity index (χ4n) is 3.33. The van der Waals surface area contributed by atoms with Gasteiger partial charge in [0.1, 0.15) is 5.52 Å². The Morgan fingerprint density at radius 3 is 2.53 bits per heavy atom. The lowest BCUT2D eigenvalue weighted by molar-refractivity contribution is -0.137. The molecule has 3 heterocycles. The maximum atomic E-state index is 12.9. The first-order chi connectivity index (χ1) is 16.1. The minimum Gasteiger partial charge on any atom is -0.479 e. The van der Waals surface area contributed by atoms with Crippen molar-refractivity contribution in [2.75, 3.05) is 13.7 Å². The molecule has 3 aromatic heterocycles. The van der Waals surface area contributed by atoms with Gasteiger partial charge in [-0.25, -0.2) is 19.1 Å². The van der Waals surface area contributed by atoms with Crippen molar-refractivity contribution in [1.82, 2.24) is 29.5 Å². The Morgan fingerprint density at radius 1 is 1.21 bits per heavy atom. The van der Waals surface area contributed by atoms with Crippen LogP contribution in [0.15, 0.2) is 41.3 Å². The van der Waals surface area contributed by atoms with Gasteiger partial charge in [-0.3, -0.25) is 0 Å². The summed E-state index contributed by atoms with van der Waals surface area (Å²) in [5.41, 5.74) is 0.927. The van der Waals surface area contributed by atoms with Crippen molar-refractivity contribution >= 4 is 32.9 Å². The van der Waals surface area contributed by atoms with Gasteiger partial charge in [-0.15, -0.1) is 0 Å². The summed E-state index contributed by atoms with van der Waals surface area (Å²) in [7, 11) is 1.42. The highest BCUT2D eigenvalue weighted by Gasteiger charge is 2.30. The number of aromatic nitrogens is 6. The lowest BCUT2D eigenvalue weighted by Gasteiger charge is -2.16. The molecule has 9 nitrogen and oxygen atoms in total. The van der Waals surface area contributed by atoms with Gasteiger partial charge in [0.15, 0.2) is 10.1 Å². The largest absolute Gasteiger partial charge is 0.479 e. The van der Waals surface area contributed by atoms with Crippen LogP contribution < -0.4 is 4.74 Å². The van der Waals surface area contributed by atoms with Gasteiger partial charge in [0, 0.05) is 6.20 Å². The second kappa shape index (κ2) is 9.05. The number of ether oxygens (including phenoxy) is 2. The predicted octanol–water partition coefficient (Wildman–Crippen LogP) is 4.59. The van der Waals surface area contributed by atoms with Crippen LogP contribution in [-0.2, 0) is 10.9 Å². The van der Waals surface area contributed by atoms with Crippen molar-refractivity contribution in [3.8, 4) is 11.8 Å². The number of rotatable bonds is 6. The molecule has 0 saturated heterocycles. The summed E-state index contributed by atoms with van der Waals surface area (Å²) < 4.78 is 52.5. The minimum absolute atomic E-state index is 0.127. The first-order valence-electron chi connectivity index (χ1n) is 10.0. The Kier molecular flexibility index (Phi) is 6.30. The molecule has 0 aliphatic heterocycles. The number of alkyl halides is 3. The number of carbonyl (C=O) groups excluding carboxylic acids is 1. The van der Waals surface area contributed by atoms with Crippen molar-refractivity contribution in [2.24, 2.45) is 0 Å². The first-order valence-corrected chi connectivity index (χ1v) is 10.8. The number of hydrogen-bond acceptors (Lipinski definition) is 7. The van der Waals surface area contributed by atoms with Crippen LogP contribution in [0.4, 0.5) is 13.2 Å². The van der Waals surface area contributed by atoms with E-state index in [0.29, 0.717) is 21.2 Å². The number of benzene rings is 1. The predicted molar refractivity (Wildman–Crippen MR) is 118 cm³/mol. The number of carbonyl (C=O) groups is 1. The monoisotopic (exact) mass is 538 g/mol. The van der Waals surface area contributed by atoms with Crippen LogP contribution >= 0.6 is 15.9 Å². The normalized spacial score (nSPS) is 12.7. The molecule has 0 spiro atoms. The smallest absolute Gasteiger partial charge is 0.416 e. The molecule has 0 bridgehead atoms. The molecular formula is C21H18BrF3N6O3. The Hall–Kier alpha value is -3.48. The Labute approximate surface area is 199 Å². The van der Waals surface area contributed by atoms with Gasteiger partial charge < -0.3 is 9.47 Å². The lowest BCUT2D eigenvalue weighted by atomic mass is 10.1. The fourth-order valence-corrected chi connectivity index (χ4v) is 3.78. The summed E-state index contributed by atoms with van der Waals surface area (Å²) >= 11 is 3.39. The highest BCUT2D eigenvalue weighted by Crippen LogP contribution is 2.34. The second-order valence-corrected chi connectivity index (χ2v) is 7.91. The number of halogens is 4. The highest BCUT2D eigenvalue weighted by molar-refractivity contribution is 9.10.